The molecule has 0 N–H and O–H groups in total. The normalized spacial score (nSPS) is 29.1. The van der Waals surface area contributed by atoms with E-state index in [1.807, 2.05) is 0 Å². The Morgan fingerprint density at radius 3 is 1.88 bits per heavy atom. The fourth-order valence-corrected chi connectivity index (χ4v) is 8.48. The zero-order chi connectivity index (χ0) is 12.6. The molecule has 2 aliphatic carbocycles. The summed E-state index contributed by atoms with van der Waals surface area (Å²) >= 11 is 0. The smallest absolute Gasteiger partial charge is 0.345 e. The Labute approximate surface area is 107 Å². The first-order valence-electron chi connectivity index (χ1n) is 7.35. The molecule has 2 nitrogen and oxygen atoms in total. The quantitative estimate of drug-likeness (QED) is 0.634. The van der Waals surface area contributed by atoms with Crippen molar-refractivity contribution < 1.29 is 8.85 Å². The monoisotopic (exact) mass is 256 g/mol. The summed E-state index contributed by atoms with van der Waals surface area (Å²) in [5, 5.41) is 0. The third-order valence-electron chi connectivity index (χ3n) is 3.95. The Balaban J connectivity index is 2.12. The first-order valence-corrected chi connectivity index (χ1v) is 9.32. The van der Waals surface area contributed by atoms with Gasteiger partial charge in [0.15, 0.2) is 0 Å². The maximum atomic E-state index is 6.45. The molecule has 0 spiro atoms. The minimum Gasteiger partial charge on any atom is -0.391 e. The Morgan fingerprint density at radius 1 is 1.06 bits per heavy atom. The van der Waals surface area contributed by atoms with E-state index >= 15 is 0 Å². The Hall–Kier alpha value is 0.137. The molecule has 0 aliphatic heterocycles. The number of hydrogen-bond acceptors (Lipinski definition) is 2. The zero-order valence-corrected chi connectivity index (χ0v) is 13.0. The largest absolute Gasteiger partial charge is 0.391 e. The van der Waals surface area contributed by atoms with Gasteiger partial charge < -0.3 is 8.85 Å². The van der Waals surface area contributed by atoms with E-state index < -0.39 is 8.56 Å². The Morgan fingerprint density at radius 2 is 1.59 bits per heavy atom. The predicted octanol–water partition coefficient (Wildman–Crippen LogP) is 4.24. The van der Waals surface area contributed by atoms with Crippen LogP contribution < -0.4 is 0 Å². The topological polar surface area (TPSA) is 18.5 Å². The maximum absolute atomic E-state index is 6.45. The number of rotatable bonds is 7. The summed E-state index contributed by atoms with van der Waals surface area (Å²) in [5.74, 6) is 0.889. The van der Waals surface area contributed by atoms with Crippen molar-refractivity contribution in [2.24, 2.45) is 5.92 Å². The maximum Gasteiger partial charge on any atom is 0.345 e. The van der Waals surface area contributed by atoms with Gasteiger partial charge in [0.25, 0.3) is 0 Å². The average Bonchev–Trinajstić information content (AvgIpc) is 3.09. The van der Waals surface area contributed by atoms with Crippen LogP contribution in [-0.4, -0.2) is 20.8 Å². The summed E-state index contributed by atoms with van der Waals surface area (Å²) < 4.78 is 12.9. The van der Waals surface area contributed by atoms with Crippen LogP contribution in [0.1, 0.15) is 60.3 Å². The molecule has 2 unspecified atom stereocenters. The van der Waals surface area contributed by atoms with Gasteiger partial charge in [0.05, 0.1) is 0 Å². The standard InChI is InChI=1S/C14H28O2Si/c1-6-12-9-14(12)17(13-7-8-13,15-10(2)3)16-11(4)5/h10-14H,6-9H2,1-5H3. The molecule has 2 rings (SSSR count). The molecule has 2 fully saturated rings. The van der Waals surface area contributed by atoms with Crippen molar-refractivity contribution in [2.45, 2.75) is 83.6 Å². The molecule has 100 valence electrons. The van der Waals surface area contributed by atoms with E-state index in [1.54, 1.807) is 0 Å². The Kier molecular flexibility index (Phi) is 4.01. The van der Waals surface area contributed by atoms with Crippen LogP contribution in [0, 0.1) is 5.92 Å². The van der Waals surface area contributed by atoms with Gasteiger partial charge in [-0.3, -0.25) is 0 Å². The van der Waals surface area contributed by atoms with E-state index in [9.17, 15) is 0 Å². The fraction of sp³-hybridized carbons (Fsp3) is 1.00. The van der Waals surface area contributed by atoms with Gasteiger partial charge in [0.2, 0.25) is 0 Å². The van der Waals surface area contributed by atoms with Gasteiger partial charge in [-0.25, -0.2) is 0 Å². The van der Waals surface area contributed by atoms with Crippen LogP contribution in [0.5, 0.6) is 0 Å². The molecule has 0 aromatic carbocycles. The minimum atomic E-state index is -1.94. The first kappa shape index (κ1) is 13.6. The summed E-state index contributed by atoms with van der Waals surface area (Å²) in [4.78, 5) is 0. The van der Waals surface area contributed by atoms with Gasteiger partial charge in [-0.15, -0.1) is 0 Å². The lowest BCUT2D eigenvalue weighted by molar-refractivity contribution is 0.100. The molecule has 2 atom stereocenters. The van der Waals surface area contributed by atoms with Crippen molar-refractivity contribution in [1.82, 2.24) is 0 Å². The molecule has 0 heterocycles. The van der Waals surface area contributed by atoms with Crippen LogP contribution in [0.25, 0.3) is 0 Å². The highest BCUT2D eigenvalue weighted by molar-refractivity contribution is 6.72. The van der Waals surface area contributed by atoms with Gasteiger partial charge in [-0.2, -0.15) is 0 Å². The number of hydrogen-bond donors (Lipinski definition) is 0. The van der Waals surface area contributed by atoms with Crippen LogP contribution >= 0.6 is 0 Å². The van der Waals surface area contributed by atoms with Crippen molar-refractivity contribution in [1.29, 1.82) is 0 Å². The first-order chi connectivity index (χ1) is 7.99. The van der Waals surface area contributed by atoms with Gasteiger partial charge in [-0.1, -0.05) is 13.3 Å². The highest BCUT2D eigenvalue weighted by Crippen LogP contribution is 2.63. The molecule has 3 heteroatoms. The van der Waals surface area contributed by atoms with E-state index in [0.717, 1.165) is 17.0 Å². The summed E-state index contributed by atoms with van der Waals surface area (Å²) in [7, 11) is -1.94. The van der Waals surface area contributed by atoms with E-state index in [-0.39, 0.29) is 0 Å². The summed E-state index contributed by atoms with van der Waals surface area (Å²) in [5.41, 5.74) is 1.57. The van der Waals surface area contributed by atoms with E-state index in [1.165, 1.54) is 25.7 Å². The highest BCUT2D eigenvalue weighted by Gasteiger charge is 2.65. The zero-order valence-electron chi connectivity index (χ0n) is 12.0. The lowest BCUT2D eigenvalue weighted by atomic mass is 10.3. The molecular weight excluding hydrogens is 228 g/mol. The minimum absolute atomic E-state index is 0.319. The second-order valence-corrected chi connectivity index (χ2v) is 9.81. The van der Waals surface area contributed by atoms with Crippen LogP contribution in [-0.2, 0) is 8.85 Å². The van der Waals surface area contributed by atoms with Crippen LogP contribution in [0.15, 0.2) is 0 Å². The second kappa shape index (κ2) is 5.02. The average molecular weight is 256 g/mol. The molecule has 0 aromatic heterocycles. The van der Waals surface area contributed by atoms with Crippen molar-refractivity contribution in [3.05, 3.63) is 0 Å². The molecule has 0 saturated heterocycles. The van der Waals surface area contributed by atoms with Crippen LogP contribution in [0.2, 0.25) is 11.1 Å². The molecular formula is C14H28O2Si. The molecule has 0 radical (unpaired) electrons. The Bertz CT molecular complexity index is 251. The predicted molar refractivity (Wildman–Crippen MR) is 73.3 cm³/mol. The SMILES string of the molecule is CCC1CC1[Si](OC(C)C)(OC(C)C)C1CC1. The fourth-order valence-electron chi connectivity index (χ4n) is 3.11. The van der Waals surface area contributed by atoms with E-state index in [0.29, 0.717) is 12.2 Å². The molecule has 17 heavy (non-hydrogen) atoms. The van der Waals surface area contributed by atoms with E-state index in [4.69, 9.17) is 8.85 Å². The van der Waals surface area contributed by atoms with Gasteiger partial charge in [-0.05, 0) is 52.9 Å². The molecule has 0 aromatic rings. The lowest BCUT2D eigenvalue weighted by Crippen LogP contribution is -2.47. The summed E-state index contributed by atoms with van der Waals surface area (Å²) in [6, 6.07) is 0. The third kappa shape index (κ3) is 2.94. The van der Waals surface area contributed by atoms with Crippen molar-refractivity contribution in [3.8, 4) is 0 Å². The summed E-state index contributed by atoms with van der Waals surface area (Å²) in [6.07, 6.45) is 5.99. The molecule has 2 saturated carbocycles. The van der Waals surface area contributed by atoms with Crippen LogP contribution in [0.3, 0.4) is 0 Å². The van der Waals surface area contributed by atoms with E-state index in [2.05, 4.69) is 34.6 Å². The van der Waals surface area contributed by atoms with Crippen molar-refractivity contribution >= 4 is 8.56 Å². The van der Waals surface area contributed by atoms with Gasteiger partial charge in [0, 0.05) is 23.3 Å². The third-order valence-corrected chi connectivity index (χ3v) is 9.09. The van der Waals surface area contributed by atoms with Gasteiger partial charge >= 0.3 is 8.56 Å². The molecule has 0 amide bonds. The highest BCUT2D eigenvalue weighted by atomic mass is 28.4. The van der Waals surface area contributed by atoms with Crippen LogP contribution in [0.4, 0.5) is 0 Å². The van der Waals surface area contributed by atoms with Crippen molar-refractivity contribution in [3.63, 3.8) is 0 Å². The summed E-state index contributed by atoms with van der Waals surface area (Å²) in [6.45, 7) is 11.0. The second-order valence-electron chi connectivity index (χ2n) is 6.34. The van der Waals surface area contributed by atoms with Crippen molar-refractivity contribution in [2.75, 3.05) is 0 Å². The molecule has 2 aliphatic rings. The molecule has 0 bridgehead atoms. The lowest BCUT2D eigenvalue weighted by Gasteiger charge is -2.35. The van der Waals surface area contributed by atoms with Gasteiger partial charge in [0.1, 0.15) is 0 Å².